The van der Waals surface area contributed by atoms with Gasteiger partial charge in [-0.25, -0.2) is 0 Å². The predicted octanol–water partition coefficient (Wildman–Crippen LogP) is 3.06. The van der Waals surface area contributed by atoms with Gasteiger partial charge in [-0.1, -0.05) is 31.7 Å². The van der Waals surface area contributed by atoms with Crippen LogP contribution >= 0.6 is 0 Å². The Bertz CT molecular complexity index is 166. The predicted molar refractivity (Wildman–Crippen MR) is 49.3 cm³/mol. The third-order valence-electron chi connectivity index (χ3n) is 1.05. The molecular formula is C10H16O. The minimum absolute atomic E-state index is 0.704. The number of rotatable bonds is 5. The van der Waals surface area contributed by atoms with Gasteiger partial charge in [-0.05, 0) is 19.4 Å². The first-order valence-electron chi connectivity index (χ1n) is 3.82. The van der Waals surface area contributed by atoms with Crippen LogP contribution in [0.15, 0.2) is 36.6 Å². The molecule has 0 rings (SSSR count). The lowest BCUT2D eigenvalue weighted by atomic mass is 10.3. The molecular weight excluding hydrogens is 136 g/mol. The van der Waals surface area contributed by atoms with E-state index in [1.54, 1.807) is 0 Å². The van der Waals surface area contributed by atoms with E-state index in [-0.39, 0.29) is 0 Å². The highest BCUT2D eigenvalue weighted by molar-refractivity contribution is 5.19. The zero-order chi connectivity index (χ0) is 8.69. The molecule has 1 nitrogen and oxygen atoms in total. The van der Waals surface area contributed by atoms with Gasteiger partial charge in [0.1, 0.15) is 5.76 Å². The molecule has 0 saturated heterocycles. The maximum Gasteiger partial charge on any atom is 0.112 e. The van der Waals surface area contributed by atoms with Gasteiger partial charge < -0.3 is 4.74 Å². The average molecular weight is 152 g/mol. The van der Waals surface area contributed by atoms with Gasteiger partial charge in [0.2, 0.25) is 0 Å². The van der Waals surface area contributed by atoms with Gasteiger partial charge in [-0.2, -0.15) is 0 Å². The standard InChI is InChI=1S/C10H16O/c1-5-8-11-10(4)7-6-9(2)3/h6-7H,2,4-5,8H2,1,3H3. The third-order valence-corrected chi connectivity index (χ3v) is 1.05. The fourth-order valence-corrected chi connectivity index (χ4v) is 0.516. The molecule has 11 heavy (non-hydrogen) atoms. The highest BCUT2D eigenvalue weighted by Crippen LogP contribution is 1.99. The zero-order valence-corrected chi connectivity index (χ0v) is 7.39. The van der Waals surface area contributed by atoms with Crippen molar-refractivity contribution in [1.29, 1.82) is 0 Å². The maximum atomic E-state index is 5.22. The van der Waals surface area contributed by atoms with Gasteiger partial charge >= 0.3 is 0 Å². The molecule has 0 bridgehead atoms. The molecule has 0 unspecified atom stereocenters. The van der Waals surface area contributed by atoms with Crippen molar-refractivity contribution in [2.45, 2.75) is 20.3 Å². The molecule has 0 amide bonds. The second-order valence-electron chi connectivity index (χ2n) is 2.49. The maximum absolute atomic E-state index is 5.22. The van der Waals surface area contributed by atoms with Crippen molar-refractivity contribution in [3.8, 4) is 0 Å². The van der Waals surface area contributed by atoms with Crippen molar-refractivity contribution in [2.24, 2.45) is 0 Å². The Balaban J connectivity index is 3.60. The second-order valence-corrected chi connectivity index (χ2v) is 2.49. The van der Waals surface area contributed by atoms with Crippen molar-refractivity contribution >= 4 is 0 Å². The number of allylic oxidation sites excluding steroid dienone is 3. The van der Waals surface area contributed by atoms with Crippen molar-refractivity contribution in [3.63, 3.8) is 0 Å². The largest absolute Gasteiger partial charge is 0.494 e. The monoisotopic (exact) mass is 152 g/mol. The molecule has 62 valence electrons. The quantitative estimate of drug-likeness (QED) is 0.434. The highest BCUT2D eigenvalue weighted by Gasteiger charge is 1.85. The first-order chi connectivity index (χ1) is 5.16. The zero-order valence-electron chi connectivity index (χ0n) is 7.39. The average Bonchev–Trinajstić information content (AvgIpc) is 1.97. The molecule has 1 heteroatoms. The van der Waals surface area contributed by atoms with Crippen molar-refractivity contribution < 1.29 is 4.74 Å². The van der Waals surface area contributed by atoms with Crippen LogP contribution in [0.2, 0.25) is 0 Å². The first kappa shape index (κ1) is 10.0. The summed E-state index contributed by atoms with van der Waals surface area (Å²) in [6.07, 6.45) is 4.73. The first-order valence-corrected chi connectivity index (χ1v) is 3.82. The molecule has 0 aromatic heterocycles. The highest BCUT2D eigenvalue weighted by atomic mass is 16.5. The molecule has 0 fully saturated rings. The Morgan fingerprint density at radius 3 is 2.45 bits per heavy atom. The van der Waals surface area contributed by atoms with E-state index < -0.39 is 0 Å². The summed E-state index contributed by atoms with van der Waals surface area (Å²) < 4.78 is 5.22. The second kappa shape index (κ2) is 5.78. The van der Waals surface area contributed by atoms with Crippen LogP contribution in [-0.2, 0) is 4.74 Å². The van der Waals surface area contributed by atoms with Crippen LogP contribution < -0.4 is 0 Å². The Morgan fingerprint density at radius 1 is 1.36 bits per heavy atom. The minimum Gasteiger partial charge on any atom is -0.494 e. The van der Waals surface area contributed by atoms with Gasteiger partial charge in [0.25, 0.3) is 0 Å². The Hall–Kier alpha value is -0.980. The summed E-state index contributed by atoms with van der Waals surface area (Å²) in [7, 11) is 0. The number of ether oxygens (including phenoxy) is 1. The van der Waals surface area contributed by atoms with Gasteiger partial charge in [-0.3, -0.25) is 0 Å². The summed E-state index contributed by atoms with van der Waals surface area (Å²) in [5, 5.41) is 0. The lowest BCUT2D eigenvalue weighted by molar-refractivity contribution is 0.226. The number of hydrogen-bond donors (Lipinski definition) is 0. The molecule has 0 aliphatic carbocycles. The van der Waals surface area contributed by atoms with Crippen LogP contribution in [0, 0.1) is 0 Å². The fraction of sp³-hybridized carbons (Fsp3) is 0.400. The van der Waals surface area contributed by atoms with E-state index in [1.807, 2.05) is 19.1 Å². The SMILES string of the molecule is C=C(C)C=CC(=C)OCCC. The van der Waals surface area contributed by atoms with Gasteiger partial charge in [-0.15, -0.1) is 0 Å². The van der Waals surface area contributed by atoms with E-state index in [0.717, 1.165) is 18.6 Å². The summed E-state index contributed by atoms with van der Waals surface area (Å²) >= 11 is 0. The lowest BCUT2D eigenvalue weighted by Gasteiger charge is -2.01. The van der Waals surface area contributed by atoms with Gasteiger partial charge in [0, 0.05) is 0 Å². The Morgan fingerprint density at radius 2 is 2.00 bits per heavy atom. The summed E-state index contributed by atoms with van der Waals surface area (Å²) in [6.45, 7) is 12.2. The summed E-state index contributed by atoms with van der Waals surface area (Å²) in [4.78, 5) is 0. The van der Waals surface area contributed by atoms with E-state index in [4.69, 9.17) is 4.74 Å². The van der Waals surface area contributed by atoms with Crippen molar-refractivity contribution in [3.05, 3.63) is 36.6 Å². The molecule has 0 spiro atoms. The van der Waals surface area contributed by atoms with E-state index in [0.29, 0.717) is 5.76 Å². The van der Waals surface area contributed by atoms with Crippen LogP contribution in [-0.4, -0.2) is 6.61 Å². The molecule has 0 atom stereocenters. The minimum atomic E-state index is 0.704. The van der Waals surface area contributed by atoms with E-state index in [1.165, 1.54) is 0 Å². The molecule has 0 aliphatic heterocycles. The van der Waals surface area contributed by atoms with Crippen molar-refractivity contribution in [1.82, 2.24) is 0 Å². The summed E-state index contributed by atoms with van der Waals surface area (Å²) in [5.41, 5.74) is 1.01. The van der Waals surface area contributed by atoms with Crippen LogP contribution in [0.1, 0.15) is 20.3 Å². The molecule has 0 aliphatic rings. The topological polar surface area (TPSA) is 9.23 Å². The Labute approximate surface area is 69.1 Å². The molecule has 0 saturated carbocycles. The van der Waals surface area contributed by atoms with Gasteiger partial charge in [0.05, 0.1) is 6.61 Å². The fourth-order valence-electron chi connectivity index (χ4n) is 0.516. The normalized spacial score (nSPS) is 10.0. The molecule has 0 N–H and O–H groups in total. The van der Waals surface area contributed by atoms with E-state index in [9.17, 15) is 0 Å². The summed E-state index contributed by atoms with van der Waals surface area (Å²) in [6, 6.07) is 0. The van der Waals surface area contributed by atoms with Crippen LogP contribution in [0.4, 0.5) is 0 Å². The van der Waals surface area contributed by atoms with E-state index in [2.05, 4.69) is 20.1 Å². The molecule has 0 radical (unpaired) electrons. The summed E-state index contributed by atoms with van der Waals surface area (Å²) in [5.74, 6) is 0.704. The lowest BCUT2D eigenvalue weighted by Crippen LogP contribution is -1.88. The van der Waals surface area contributed by atoms with Crippen LogP contribution in [0.5, 0.6) is 0 Å². The van der Waals surface area contributed by atoms with Crippen molar-refractivity contribution in [2.75, 3.05) is 6.61 Å². The molecule has 0 aromatic rings. The molecule has 0 aromatic carbocycles. The van der Waals surface area contributed by atoms with Crippen LogP contribution in [0.3, 0.4) is 0 Å². The number of hydrogen-bond acceptors (Lipinski definition) is 1. The van der Waals surface area contributed by atoms with Crippen LogP contribution in [0.25, 0.3) is 0 Å². The van der Waals surface area contributed by atoms with Gasteiger partial charge in [0.15, 0.2) is 0 Å². The smallest absolute Gasteiger partial charge is 0.112 e. The third kappa shape index (κ3) is 6.91. The Kier molecular flexibility index (Phi) is 5.26. The van der Waals surface area contributed by atoms with E-state index >= 15 is 0 Å². The molecule has 0 heterocycles.